The maximum atomic E-state index is 5.96. The summed E-state index contributed by atoms with van der Waals surface area (Å²) >= 11 is 0. The van der Waals surface area contributed by atoms with Crippen molar-refractivity contribution in [1.82, 2.24) is 4.90 Å². The standard InChI is InChI=1S/C15H24N2/c1-3-13-4-6-14(7-5-13)10-17-9-8-15(11-17)12(2)16/h4-7,12,15H,3,8-11,16H2,1-2H3. The second-order valence-corrected chi connectivity index (χ2v) is 5.31. The molecule has 2 rings (SSSR count). The van der Waals surface area contributed by atoms with Gasteiger partial charge in [0.1, 0.15) is 0 Å². The van der Waals surface area contributed by atoms with Gasteiger partial charge < -0.3 is 5.73 Å². The van der Waals surface area contributed by atoms with Gasteiger partial charge in [-0.3, -0.25) is 4.90 Å². The molecule has 2 nitrogen and oxygen atoms in total. The van der Waals surface area contributed by atoms with Crippen LogP contribution < -0.4 is 5.73 Å². The predicted molar refractivity (Wildman–Crippen MR) is 72.9 cm³/mol. The molecule has 0 radical (unpaired) electrons. The molecule has 1 aromatic carbocycles. The van der Waals surface area contributed by atoms with E-state index in [1.807, 2.05) is 0 Å². The fourth-order valence-electron chi connectivity index (χ4n) is 2.57. The van der Waals surface area contributed by atoms with Crippen LogP contribution in [-0.4, -0.2) is 24.0 Å². The Morgan fingerprint density at radius 1 is 1.29 bits per heavy atom. The van der Waals surface area contributed by atoms with Gasteiger partial charge in [0, 0.05) is 19.1 Å². The second kappa shape index (κ2) is 5.65. The summed E-state index contributed by atoms with van der Waals surface area (Å²) in [6.45, 7) is 7.76. The van der Waals surface area contributed by atoms with Gasteiger partial charge in [0.15, 0.2) is 0 Å². The summed E-state index contributed by atoms with van der Waals surface area (Å²) < 4.78 is 0. The number of likely N-dealkylation sites (tertiary alicyclic amines) is 1. The van der Waals surface area contributed by atoms with Gasteiger partial charge in [0.2, 0.25) is 0 Å². The average molecular weight is 232 g/mol. The molecule has 0 amide bonds. The zero-order valence-electron chi connectivity index (χ0n) is 11.0. The Morgan fingerprint density at radius 3 is 2.47 bits per heavy atom. The summed E-state index contributed by atoms with van der Waals surface area (Å²) in [7, 11) is 0. The van der Waals surface area contributed by atoms with Gasteiger partial charge in [-0.1, -0.05) is 31.2 Å². The Bertz CT molecular complexity index is 342. The van der Waals surface area contributed by atoms with E-state index in [0.29, 0.717) is 12.0 Å². The molecule has 1 heterocycles. The summed E-state index contributed by atoms with van der Waals surface area (Å²) in [6, 6.07) is 9.35. The molecular formula is C15H24N2. The normalized spacial score (nSPS) is 22.9. The van der Waals surface area contributed by atoms with Crippen molar-refractivity contribution in [2.45, 2.75) is 39.3 Å². The summed E-state index contributed by atoms with van der Waals surface area (Å²) in [5.74, 6) is 0.685. The highest BCUT2D eigenvalue weighted by atomic mass is 15.1. The monoisotopic (exact) mass is 232 g/mol. The molecule has 0 saturated carbocycles. The molecule has 2 unspecified atom stereocenters. The maximum Gasteiger partial charge on any atom is 0.0233 e. The van der Waals surface area contributed by atoms with Crippen LogP contribution in [0.25, 0.3) is 0 Å². The molecule has 1 saturated heterocycles. The van der Waals surface area contributed by atoms with E-state index < -0.39 is 0 Å². The van der Waals surface area contributed by atoms with Gasteiger partial charge in [-0.25, -0.2) is 0 Å². The molecule has 1 aliphatic rings. The Hall–Kier alpha value is -0.860. The maximum absolute atomic E-state index is 5.96. The number of hydrogen-bond acceptors (Lipinski definition) is 2. The van der Waals surface area contributed by atoms with Gasteiger partial charge in [-0.15, -0.1) is 0 Å². The molecule has 2 heteroatoms. The number of rotatable bonds is 4. The largest absolute Gasteiger partial charge is 0.328 e. The minimum absolute atomic E-state index is 0.336. The van der Waals surface area contributed by atoms with Crippen LogP contribution in [0.4, 0.5) is 0 Å². The van der Waals surface area contributed by atoms with Crippen molar-refractivity contribution in [3.05, 3.63) is 35.4 Å². The van der Waals surface area contributed by atoms with E-state index in [-0.39, 0.29) is 0 Å². The van der Waals surface area contributed by atoms with Crippen LogP contribution in [0.1, 0.15) is 31.4 Å². The van der Waals surface area contributed by atoms with Crippen LogP contribution in [0.15, 0.2) is 24.3 Å². The minimum atomic E-state index is 0.336. The Balaban J connectivity index is 1.89. The van der Waals surface area contributed by atoms with Crippen molar-refractivity contribution >= 4 is 0 Å². The van der Waals surface area contributed by atoms with Crippen molar-refractivity contribution in [2.75, 3.05) is 13.1 Å². The predicted octanol–water partition coefficient (Wildman–Crippen LogP) is 2.42. The third-order valence-corrected chi connectivity index (χ3v) is 3.89. The fourth-order valence-corrected chi connectivity index (χ4v) is 2.57. The molecule has 0 aromatic heterocycles. The first-order chi connectivity index (χ1) is 8.19. The molecule has 2 atom stereocenters. The van der Waals surface area contributed by atoms with E-state index in [1.54, 1.807) is 0 Å². The molecule has 1 fully saturated rings. The fraction of sp³-hybridized carbons (Fsp3) is 0.600. The van der Waals surface area contributed by atoms with Crippen molar-refractivity contribution in [3.63, 3.8) is 0 Å². The van der Waals surface area contributed by atoms with E-state index in [0.717, 1.165) is 19.5 Å². The first-order valence-electron chi connectivity index (χ1n) is 6.74. The zero-order valence-corrected chi connectivity index (χ0v) is 11.0. The van der Waals surface area contributed by atoms with Crippen LogP contribution >= 0.6 is 0 Å². The molecule has 17 heavy (non-hydrogen) atoms. The molecule has 0 aliphatic carbocycles. The van der Waals surface area contributed by atoms with E-state index in [4.69, 9.17) is 5.73 Å². The van der Waals surface area contributed by atoms with Crippen LogP contribution in [0.3, 0.4) is 0 Å². The third kappa shape index (κ3) is 3.30. The summed E-state index contributed by atoms with van der Waals surface area (Å²) in [4.78, 5) is 2.52. The molecule has 94 valence electrons. The van der Waals surface area contributed by atoms with Crippen LogP contribution in [-0.2, 0) is 13.0 Å². The van der Waals surface area contributed by atoms with E-state index in [1.165, 1.54) is 24.1 Å². The molecule has 1 aromatic rings. The molecular weight excluding hydrogens is 208 g/mol. The quantitative estimate of drug-likeness (QED) is 0.864. The van der Waals surface area contributed by atoms with E-state index >= 15 is 0 Å². The van der Waals surface area contributed by atoms with E-state index in [2.05, 4.69) is 43.0 Å². The Labute approximate surface area is 105 Å². The number of nitrogens with zero attached hydrogens (tertiary/aromatic N) is 1. The lowest BCUT2D eigenvalue weighted by Crippen LogP contribution is -2.29. The molecule has 2 N–H and O–H groups in total. The van der Waals surface area contributed by atoms with Crippen molar-refractivity contribution in [2.24, 2.45) is 11.7 Å². The Kier molecular flexibility index (Phi) is 4.19. The minimum Gasteiger partial charge on any atom is -0.328 e. The highest BCUT2D eigenvalue weighted by Gasteiger charge is 2.24. The SMILES string of the molecule is CCc1ccc(CN2CCC(C(C)N)C2)cc1. The van der Waals surface area contributed by atoms with Gasteiger partial charge in [0.05, 0.1) is 0 Å². The smallest absolute Gasteiger partial charge is 0.0233 e. The summed E-state index contributed by atoms with van der Waals surface area (Å²) in [5.41, 5.74) is 8.81. The van der Waals surface area contributed by atoms with Crippen LogP contribution in [0, 0.1) is 5.92 Å². The number of hydrogen-bond donors (Lipinski definition) is 1. The lowest BCUT2D eigenvalue weighted by Gasteiger charge is -2.18. The van der Waals surface area contributed by atoms with Gasteiger partial charge >= 0.3 is 0 Å². The van der Waals surface area contributed by atoms with Crippen molar-refractivity contribution in [3.8, 4) is 0 Å². The van der Waals surface area contributed by atoms with Crippen molar-refractivity contribution < 1.29 is 0 Å². The zero-order chi connectivity index (χ0) is 12.3. The second-order valence-electron chi connectivity index (χ2n) is 5.31. The van der Waals surface area contributed by atoms with Crippen LogP contribution in [0.2, 0.25) is 0 Å². The van der Waals surface area contributed by atoms with E-state index in [9.17, 15) is 0 Å². The third-order valence-electron chi connectivity index (χ3n) is 3.89. The van der Waals surface area contributed by atoms with Gasteiger partial charge in [-0.05, 0) is 43.4 Å². The summed E-state index contributed by atoms with van der Waals surface area (Å²) in [6.07, 6.45) is 2.38. The number of benzene rings is 1. The first-order valence-corrected chi connectivity index (χ1v) is 6.74. The van der Waals surface area contributed by atoms with Crippen molar-refractivity contribution in [1.29, 1.82) is 0 Å². The topological polar surface area (TPSA) is 29.3 Å². The number of nitrogens with two attached hydrogens (primary N) is 1. The Morgan fingerprint density at radius 2 is 1.94 bits per heavy atom. The van der Waals surface area contributed by atoms with Gasteiger partial charge in [0.25, 0.3) is 0 Å². The lowest BCUT2D eigenvalue weighted by atomic mass is 10.0. The molecule has 0 spiro atoms. The van der Waals surface area contributed by atoms with Crippen LogP contribution in [0.5, 0.6) is 0 Å². The summed E-state index contributed by atoms with van der Waals surface area (Å²) in [5, 5.41) is 0. The molecule has 1 aliphatic heterocycles. The van der Waals surface area contributed by atoms with Gasteiger partial charge in [-0.2, -0.15) is 0 Å². The number of aryl methyl sites for hydroxylation is 1. The molecule has 0 bridgehead atoms. The lowest BCUT2D eigenvalue weighted by molar-refractivity contribution is 0.308. The first kappa shape index (κ1) is 12.6. The highest BCUT2D eigenvalue weighted by Crippen LogP contribution is 2.20. The average Bonchev–Trinajstić information content (AvgIpc) is 2.79. The highest BCUT2D eigenvalue weighted by molar-refractivity contribution is 5.22.